The Kier molecular flexibility index (Phi) is 5.54. The van der Waals surface area contributed by atoms with Gasteiger partial charge in [0.1, 0.15) is 11.5 Å². The Bertz CT molecular complexity index is 1230. The lowest BCUT2D eigenvalue weighted by Crippen LogP contribution is -2.34. The second-order valence-corrected chi connectivity index (χ2v) is 7.44. The Labute approximate surface area is 181 Å². The summed E-state index contributed by atoms with van der Waals surface area (Å²) in [7, 11) is 1.57. The van der Waals surface area contributed by atoms with E-state index >= 15 is 0 Å². The van der Waals surface area contributed by atoms with Gasteiger partial charge in [0, 0.05) is 29.6 Å². The summed E-state index contributed by atoms with van der Waals surface area (Å²) in [5, 5.41) is 31.7. The SMILES string of the molecule is COc1ccc(-[n+]2noc([O-])c2-c2csc(NCc3cccc(C(C)=O)c3O)n2)cc1. The number of methoxy groups -OCH3 is 1. The van der Waals surface area contributed by atoms with E-state index in [0.717, 1.165) is 0 Å². The number of hydrogen-bond acceptors (Lipinski definition) is 9. The molecule has 10 heteroatoms. The molecule has 0 aliphatic rings. The molecule has 0 spiro atoms. The van der Waals surface area contributed by atoms with E-state index in [0.29, 0.717) is 27.8 Å². The van der Waals surface area contributed by atoms with Crippen LogP contribution in [0.25, 0.3) is 17.1 Å². The van der Waals surface area contributed by atoms with Gasteiger partial charge in [0.2, 0.25) is 5.69 Å². The number of ketones is 1. The fraction of sp³-hybridized carbons (Fsp3) is 0.143. The lowest BCUT2D eigenvalue weighted by molar-refractivity contribution is -0.660. The van der Waals surface area contributed by atoms with Gasteiger partial charge in [0.25, 0.3) is 5.69 Å². The summed E-state index contributed by atoms with van der Waals surface area (Å²) < 4.78 is 11.4. The maximum absolute atomic E-state index is 12.3. The molecular formula is C21H18N4O5S. The van der Waals surface area contributed by atoms with E-state index in [-0.39, 0.29) is 29.3 Å². The molecule has 0 unspecified atom stereocenters. The number of thiazole rings is 1. The highest BCUT2D eigenvalue weighted by atomic mass is 32.1. The molecule has 4 rings (SSSR count). The number of nitrogens with one attached hydrogen (secondary N) is 1. The van der Waals surface area contributed by atoms with Crippen LogP contribution in [0, 0.1) is 0 Å². The number of aromatic nitrogens is 3. The predicted molar refractivity (Wildman–Crippen MR) is 111 cm³/mol. The van der Waals surface area contributed by atoms with Crippen LogP contribution in [0.15, 0.2) is 52.4 Å². The summed E-state index contributed by atoms with van der Waals surface area (Å²) >= 11 is 1.29. The van der Waals surface area contributed by atoms with Crippen LogP contribution in [0.3, 0.4) is 0 Å². The minimum absolute atomic E-state index is 0.0579. The highest BCUT2D eigenvalue weighted by Crippen LogP contribution is 2.29. The topological polar surface area (TPSA) is 124 Å². The third-order valence-corrected chi connectivity index (χ3v) is 5.40. The number of rotatable bonds is 7. The molecule has 0 saturated carbocycles. The van der Waals surface area contributed by atoms with Gasteiger partial charge < -0.3 is 24.8 Å². The highest BCUT2D eigenvalue weighted by molar-refractivity contribution is 7.14. The number of ether oxygens (including phenoxy) is 1. The molecule has 2 N–H and O–H groups in total. The van der Waals surface area contributed by atoms with Gasteiger partial charge in [-0.3, -0.25) is 4.79 Å². The van der Waals surface area contributed by atoms with Crippen molar-refractivity contribution >= 4 is 22.3 Å². The van der Waals surface area contributed by atoms with Crippen molar-refractivity contribution in [2.75, 3.05) is 12.4 Å². The Morgan fingerprint density at radius 3 is 2.77 bits per heavy atom. The van der Waals surface area contributed by atoms with E-state index in [1.165, 1.54) is 22.9 Å². The number of carbonyl (C=O) groups excluding carboxylic acids is 1. The fourth-order valence-electron chi connectivity index (χ4n) is 3.01. The number of aromatic hydroxyl groups is 1. The molecule has 0 amide bonds. The third kappa shape index (κ3) is 4.05. The van der Waals surface area contributed by atoms with Crippen molar-refractivity contribution in [2.45, 2.75) is 13.5 Å². The number of phenols is 1. The first-order valence-corrected chi connectivity index (χ1v) is 10.1. The number of Topliss-reactive ketones (excluding diaryl/α,β-unsaturated/α-hetero) is 1. The van der Waals surface area contributed by atoms with Gasteiger partial charge in [-0.15, -0.1) is 11.3 Å². The molecule has 4 aromatic rings. The fourth-order valence-corrected chi connectivity index (χ4v) is 3.71. The molecule has 2 heterocycles. The van der Waals surface area contributed by atoms with Gasteiger partial charge in [-0.2, -0.15) is 0 Å². The van der Waals surface area contributed by atoms with E-state index in [1.54, 1.807) is 55.0 Å². The van der Waals surface area contributed by atoms with Crippen LogP contribution in [0.1, 0.15) is 22.8 Å². The lowest BCUT2D eigenvalue weighted by Gasteiger charge is -2.08. The molecular weight excluding hydrogens is 420 g/mol. The first-order chi connectivity index (χ1) is 15.0. The Balaban J connectivity index is 1.57. The second kappa shape index (κ2) is 8.44. The normalized spacial score (nSPS) is 10.8. The molecule has 9 nitrogen and oxygen atoms in total. The third-order valence-electron chi connectivity index (χ3n) is 4.60. The zero-order valence-corrected chi connectivity index (χ0v) is 17.5. The molecule has 0 aliphatic heterocycles. The molecule has 0 fully saturated rings. The van der Waals surface area contributed by atoms with Crippen LogP contribution in [0.2, 0.25) is 0 Å². The maximum atomic E-state index is 12.3. The van der Waals surface area contributed by atoms with Gasteiger partial charge in [0.15, 0.2) is 22.6 Å². The Hall–Kier alpha value is -3.92. The summed E-state index contributed by atoms with van der Waals surface area (Å²) in [6.45, 7) is 1.66. The average Bonchev–Trinajstić information content (AvgIpc) is 3.39. The van der Waals surface area contributed by atoms with E-state index < -0.39 is 5.95 Å². The van der Waals surface area contributed by atoms with Crippen molar-refractivity contribution in [1.82, 2.24) is 10.3 Å². The summed E-state index contributed by atoms with van der Waals surface area (Å²) in [5.41, 5.74) is 2.04. The number of para-hydroxylation sites is 1. The standard InChI is InChI=1S/C21H18N4O5S/c1-12(26)16-5-3-4-13(19(16)27)10-22-21-23-17(11-31-21)18-20(28)30-24-25(18)14-6-8-15(29-2)9-7-14/h3-9,11H,10H2,1-2H3,(H2-,22,23,24,26,27,28). The molecule has 0 atom stereocenters. The van der Waals surface area contributed by atoms with Crippen molar-refractivity contribution in [3.05, 3.63) is 59.0 Å². The van der Waals surface area contributed by atoms with Gasteiger partial charge in [-0.05, 0) is 29.8 Å². The molecule has 31 heavy (non-hydrogen) atoms. The maximum Gasteiger partial charge on any atom is 0.289 e. The lowest BCUT2D eigenvalue weighted by atomic mass is 10.1. The summed E-state index contributed by atoms with van der Waals surface area (Å²) in [4.78, 5) is 16.0. The van der Waals surface area contributed by atoms with Crippen LogP contribution in [0.4, 0.5) is 5.13 Å². The average molecular weight is 438 g/mol. The first-order valence-electron chi connectivity index (χ1n) is 9.23. The van der Waals surface area contributed by atoms with Crippen molar-refractivity contribution < 1.29 is 28.9 Å². The number of hydrogen-bond donors (Lipinski definition) is 2. The quantitative estimate of drug-likeness (QED) is 0.333. The van der Waals surface area contributed by atoms with Crippen LogP contribution >= 0.6 is 11.3 Å². The van der Waals surface area contributed by atoms with Crippen molar-refractivity contribution in [1.29, 1.82) is 0 Å². The number of benzene rings is 2. The smallest absolute Gasteiger partial charge is 0.289 e. The van der Waals surface area contributed by atoms with Crippen LogP contribution in [-0.4, -0.2) is 28.3 Å². The molecule has 158 valence electrons. The number of carbonyl (C=O) groups is 1. The van der Waals surface area contributed by atoms with Crippen LogP contribution in [-0.2, 0) is 6.54 Å². The van der Waals surface area contributed by atoms with Crippen molar-refractivity contribution in [2.24, 2.45) is 0 Å². The molecule has 0 radical (unpaired) electrons. The van der Waals surface area contributed by atoms with E-state index in [9.17, 15) is 15.0 Å². The van der Waals surface area contributed by atoms with Gasteiger partial charge in [-0.1, -0.05) is 12.1 Å². The van der Waals surface area contributed by atoms with Crippen LogP contribution in [0.5, 0.6) is 17.4 Å². The van der Waals surface area contributed by atoms with E-state index in [4.69, 9.17) is 9.26 Å². The van der Waals surface area contributed by atoms with E-state index in [2.05, 4.69) is 15.6 Å². The van der Waals surface area contributed by atoms with Crippen molar-refractivity contribution in [3.63, 3.8) is 0 Å². The number of phenolic OH excluding ortho intramolecular Hbond substituents is 1. The molecule has 2 aromatic carbocycles. The zero-order valence-electron chi connectivity index (χ0n) is 16.7. The second-order valence-electron chi connectivity index (χ2n) is 6.58. The Morgan fingerprint density at radius 2 is 2.06 bits per heavy atom. The summed E-state index contributed by atoms with van der Waals surface area (Å²) in [6.07, 6.45) is 0. The largest absolute Gasteiger partial charge is 0.539 e. The molecule has 2 aromatic heterocycles. The van der Waals surface area contributed by atoms with Crippen LogP contribution < -0.4 is 19.8 Å². The monoisotopic (exact) mass is 438 g/mol. The Morgan fingerprint density at radius 1 is 1.29 bits per heavy atom. The van der Waals surface area contributed by atoms with Crippen molar-refractivity contribution in [3.8, 4) is 34.5 Å². The minimum atomic E-state index is -0.612. The zero-order chi connectivity index (χ0) is 22.0. The summed E-state index contributed by atoms with van der Waals surface area (Å²) in [6, 6.07) is 12.0. The predicted octanol–water partition coefficient (Wildman–Crippen LogP) is 2.68. The van der Waals surface area contributed by atoms with Gasteiger partial charge in [-0.25, -0.2) is 4.98 Å². The van der Waals surface area contributed by atoms with E-state index in [1.807, 2.05) is 0 Å². The highest BCUT2D eigenvalue weighted by Gasteiger charge is 2.25. The summed E-state index contributed by atoms with van der Waals surface area (Å²) in [5.74, 6) is -0.208. The van der Waals surface area contributed by atoms with Gasteiger partial charge >= 0.3 is 0 Å². The molecule has 0 saturated heterocycles. The molecule has 0 bridgehead atoms. The number of anilines is 1. The molecule has 0 aliphatic carbocycles. The first kappa shape index (κ1) is 20.4. The minimum Gasteiger partial charge on any atom is -0.539 e. The number of nitrogens with zero attached hydrogens (tertiary/aromatic N) is 3. The van der Waals surface area contributed by atoms with Gasteiger partial charge in [0.05, 0.1) is 17.9 Å².